The lowest BCUT2D eigenvalue weighted by Gasteiger charge is -2.38. The van der Waals surface area contributed by atoms with Crippen LogP contribution in [-0.4, -0.2) is 59.7 Å². The van der Waals surface area contributed by atoms with E-state index in [4.69, 9.17) is 0 Å². The molecule has 12 heteroatoms. The normalized spacial score (nSPS) is 17.3. The van der Waals surface area contributed by atoms with E-state index in [9.17, 15) is 32.9 Å². The van der Waals surface area contributed by atoms with Crippen LogP contribution in [0.5, 0.6) is 0 Å². The Balaban J connectivity index is 1.50. The summed E-state index contributed by atoms with van der Waals surface area (Å²) in [7, 11) is -2.20. The summed E-state index contributed by atoms with van der Waals surface area (Å²) in [6, 6.07) is 13.7. The summed E-state index contributed by atoms with van der Waals surface area (Å²) in [5.74, 6) is -0.751. The number of hydrogen-bond donors (Lipinski definition) is 0. The van der Waals surface area contributed by atoms with Gasteiger partial charge in [-0.2, -0.15) is 5.26 Å². The topological polar surface area (TPSA) is 143 Å². The van der Waals surface area contributed by atoms with E-state index in [1.807, 2.05) is 0 Å². The third-order valence-corrected chi connectivity index (χ3v) is 8.36. The molecule has 2 aliphatic rings. The lowest BCUT2D eigenvalue weighted by molar-refractivity contribution is 0.0569. The molecule has 3 aromatic rings. The van der Waals surface area contributed by atoms with Crippen molar-refractivity contribution in [3.05, 3.63) is 91.6 Å². The Morgan fingerprint density at radius 3 is 2.44 bits per heavy atom. The van der Waals surface area contributed by atoms with Crippen molar-refractivity contribution in [2.24, 2.45) is 7.05 Å². The van der Waals surface area contributed by atoms with E-state index in [0.29, 0.717) is 36.3 Å². The number of fused-ring (bicyclic) bond motifs is 1. The van der Waals surface area contributed by atoms with E-state index in [1.165, 1.54) is 35.9 Å². The monoisotopic (exact) mass is 547 g/mol. The number of rotatable bonds is 5. The molecular formula is C27H25N5O6S. The van der Waals surface area contributed by atoms with Gasteiger partial charge in [-0.3, -0.25) is 28.4 Å². The number of benzene rings is 2. The molecule has 200 valence electrons. The van der Waals surface area contributed by atoms with E-state index in [-0.39, 0.29) is 29.1 Å². The molecule has 39 heavy (non-hydrogen) atoms. The van der Waals surface area contributed by atoms with Gasteiger partial charge in [-0.1, -0.05) is 18.2 Å². The highest BCUT2D eigenvalue weighted by atomic mass is 32.2. The molecule has 1 saturated heterocycles. The second-order valence-corrected chi connectivity index (χ2v) is 11.8. The van der Waals surface area contributed by atoms with Crippen LogP contribution in [0, 0.1) is 11.3 Å². The van der Waals surface area contributed by atoms with Crippen molar-refractivity contribution < 1.29 is 18.0 Å². The molecule has 1 aromatic heterocycles. The summed E-state index contributed by atoms with van der Waals surface area (Å²) < 4.78 is 26.4. The average Bonchev–Trinajstić information content (AvgIpc) is 3.17. The zero-order chi connectivity index (χ0) is 28.1. The second-order valence-electron chi connectivity index (χ2n) is 9.74. The minimum absolute atomic E-state index is 0.0404. The summed E-state index contributed by atoms with van der Waals surface area (Å²) in [6.07, 6.45) is 2.11. The zero-order valence-electron chi connectivity index (χ0n) is 21.3. The largest absolute Gasteiger partial charge is 0.356 e. The van der Waals surface area contributed by atoms with Crippen molar-refractivity contribution in [2.45, 2.75) is 30.3 Å². The Hall–Kier alpha value is -4.50. The van der Waals surface area contributed by atoms with Gasteiger partial charge < -0.3 is 4.90 Å². The van der Waals surface area contributed by atoms with Gasteiger partial charge in [0.25, 0.3) is 17.4 Å². The average molecular weight is 548 g/mol. The number of amides is 2. The quantitative estimate of drug-likeness (QED) is 0.433. The molecule has 0 aliphatic carbocycles. The summed E-state index contributed by atoms with van der Waals surface area (Å²) in [5, 5.41) is 9.52. The number of hydrogen-bond acceptors (Lipinski definition) is 8. The fourth-order valence-corrected chi connectivity index (χ4v) is 5.83. The standard InChI is InChI=1S/C27H25N5O6S/c1-29-24(33)13-23(31(27(29)36)15-18-7-4-3-6-17(18)14-28)30-11-5-8-19(16-30)32-25(34)21-10-9-20(39(2,37)38)12-22(21)26(32)35/h3-4,6-7,9-10,12-13,19H,5,8,11,15-16H2,1-2H3/t19-/m1/s1. The van der Waals surface area contributed by atoms with Crippen molar-refractivity contribution >= 4 is 27.5 Å². The highest BCUT2D eigenvalue weighted by Crippen LogP contribution is 2.31. The van der Waals surface area contributed by atoms with Crippen LogP contribution in [-0.2, 0) is 23.4 Å². The number of sulfone groups is 1. The van der Waals surface area contributed by atoms with Gasteiger partial charge in [0.15, 0.2) is 9.84 Å². The van der Waals surface area contributed by atoms with Gasteiger partial charge in [0.05, 0.1) is 40.2 Å². The third kappa shape index (κ3) is 4.55. The molecule has 3 heterocycles. The Labute approximate surface area is 224 Å². The van der Waals surface area contributed by atoms with Crippen molar-refractivity contribution in [2.75, 3.05) is 24.2 Å². The maximum absolute atomic E-state index is 13.3. The molecule has 2 amide bonds. The lowest BCUT2D eigenvalue weighted by Crippen LogP contribution is -2.52. The Bertz CT molecular complexity index is 1800. The van der Waals surface area contributed by atoms with Crippen molar-refractivity contribution in [1.82, 2.24) is 14.0 Å². The van der Waals surface area contributed by atoms with Gasteiger partial charge in [-0.15, -0.1) is 0 Å². The highest BCUT2D eigenvalue weighted by molar-refractivity contribution is 7.90. The number of nitriles is 1. The van der Waals surface area contributed by atoms with Gasteiger partial charge >= 0.3 is 5.69 Å². The van der Waals surface area contributed by atoms with E-state index in [0.717, 1.165) is 15.7 Å². The summed E-state index contributed by atoms with van der Waals surface area (Å²) >= 11 is 0. The van der Waals surface area contributed by atoms with Crippen LogP contribution in [0.15, 0.2) is 63.0 Å². The van der Waals surface area contributed by atoms with Crippen LogP contribution in [0.2, 0.25) is 0 Å². The molecule has 5 rings (SSSR count). The van der Waals surface area contributed by atoms with E-state index >= 15 is 0 Å². The first-order chi connectivity index (χ1) is 18.5. The first-order valence-electron chi connectivity index (χ1n) is 12.3. The molecule has 1 fully saturated rings. The predicted molar refractivity (Wildman–Crippen MR) is 141 cm³/mol. The van der Waals surface area contributed by atoms with Crippen molar-refractivity contribution in [1.29, 1.82) is 5.26 Å². The minimum Gasteiger partial charge on any atom is -0.356 e. The van der Waals surface area contributed by atoms with Crippen LogP contribution in [0.1, 0.15) is 44.7 Å². The number of nitrogens with zero attached hydrogens (tertiary/aromatic N) is 5. The predicted octanol–water partition coefficient (Wildman–Crippen LogP) is 1.14. The second kappa shape index (κ2) is 9.67. The van der Waals surface area contributed by atoms with Crippen molar-refractivity contribution in [3.63, 3.8) is 0 Å². The molecule has 1 atom stereocenters. The molecule has 11 nitrogen and oxygen atoms in total. The number of carbonyl (C=O) groups excluding carboxylic acids is 2. The van der Waals surface area contributed by atoms with Crippen LogP contribution >= 0.6 is 0 Å². The fraction of sp³-hybridized carbons (Fsp3) is 0.296. The van der Waals surface area contributed by atoms with E-state index in [2.05, 4.69) is 6.07 Å². The molecule has 0 unspecified atom stereocenters. The fourth-order valence-electron chi connectivity index (χ4n) is 5.18. The van der Waals surface area contributed by atoms with Gasteiger partial charge in [0.1, 0.15) is 5.82 Å². The smallest absolute Gasteiger partial charge is 0.332 e. The zero-order valence-corrected chi connectivity index (χ0v) is 22.1. The number of carbonyl (C=O) groups is 2. The molecule has 0 saturated carbocycles. The van der Waals surface area contributed by atoms with Gasteiger partial charge in [0.2, 0.25) is 0 Å². The number of aromatic nitrogens is 2. The first kappa shape index (κ1) is 26.1. The SMILES string of the molecule is Cn1c(=O)cc(N2CCC[C@@H](N3C(=O)c4ccc(S(C)(=O)=O)cc4C3=O)C2)n(Cc2ccccc2C#N)c1=O. The lowest BCUT2D eigenvalue weighted by atomic mass is 10.0. The number of piperidine rings is 1. The van der Waals surface area contributed by atoms with Crippen molar-refractivity contribution in [3.8, 4) is 6.07 Å². The summed E-state index contributed by atoms with van der Waals surface area (Å²) in [5.41, 5.74) is 0.136. The molecule has 2 aliphatic heterocycles. The van der Waals surface area contributed by atoms with Gasteiger partial charge in [-0.05, 0) is 42.7 Å². The molecule has 0 N–H and O–H groups in total. The van der Waals surface area contributed by atoms with Crippen LogP contribution in [0.3, 0.4) is 0 Å². The molecule has 2 aromatic carbocycles. The summed E-state index contributed by atoms with van der Waals surface area (Å²) in [6.45, 7) is 0.704. The van der Waals surface area contributed by atoms with Crippen LogP contribution in [0.4, 0.5) is 5.82 Å². The minimum atomic E-state index is -3.57. The molecule has 0 spiro atoms. The Kier molecular flexibility index (Phi) is 6.47. The highest BCUT2D eigenvalue weighted by Gasteiger charge is 2.42. The number of anilines is 1. The summed E-state index contributed by atoms with van der Waals surface area (Å²) in [4.78, 5) is 55.3. The first-order valence-corrected chi connectivity index (χ1v) is 14.2. The van der Waals surface area contributed by atoms with Gasteiger partial charge in [0, 0.05) is 32.5 Å². The molecular weight excluding hydrogens is 522 g/mol. The third-order valence-electron chi connectivity index (χ3n) is 7.25. The van der Waals surface area contributed by atoms with E-state index in [1.54, 1.807) is 29.2 Å². The maximum atomic E-state index is 13.3. The Morgan fingerprint density at radius 2 is 1.72 bits per heavy atom. The van der Waals surface area contributed by atoms with Crippen LogP contribution in [0.25, 0.3) is 0 Å². The Morgan fingerprint density at radius 1 is 1.00 bits per heavy atom. The molecule has 0 bridgehead atoms. The van der Waals surface area contributed by atoms with Crippen LogP contribution < -0.4 is 16.1 Å². The van der Waals surface area contributed by atoms with E-state index < -0.39 is 38.9 Å². The molecule has 0 radical (unpaired) electrons. The number of imide groups is 1. The maximum Gasteiger partial charge on any atom is 0.332 e. The van der Waals surface area contributed by atoms with Gasteiger partial charge in [-0.25, -0.2) is 13.2 Å².